The van der Waals surface area contributed by atoms with Crippen molar-refractivity contribution in [3.63, 3.8) is 0 Å². The molecule has 2 atom stereocenters. The standard InChI is InChI=1S/C60H47N/c1-39(30-36-45-40(2)60(3,4)56-28-16-14-24-51(45)56)41-31-33-43(34-32-41)61(57-29-17-15-20-46(57)42-18-6-5-7-19-42)44-35-37-50-49-23-10-12-26-53(49)58-52-25-11-8-21-47(52)48-22-9-13-27-54(48)59(58)55(50)38-44/h5-38,58-59H,2H2,1,3-4H3/b39-30+,45-36+. The van der Waals surface area contributed by atoms with Gasteiger partial charge in [-0.1, -0.05) is 196 Å². The molecule has 0 amide bonds. The lowest BCUT2D eigenvalue weighted by Gasteiger charge is -2.42. The first-order chi connectivity index (χ1) is 29.9. The molecule has 0 bridgehead atoms. The first kappa shape index (κ1) is 36.8. The molecule has 2 unspecified atom stereocenters. The second-order valence-corrected chi connectivity index (χ2v) is 17.3. The monoisotopic (exact) mass is 781 g/mol. The second kappa shape index (κ2) is 14.5. The zero-order valence-electron chi connectivity index (χ0n) is 34.9. The number of hydrogen-bond acceptors (Lipinski definition) is 1. The summed E-state index contributed by atoms with van der Waals surface area (Å²) in [6.45, 7) is 11.3. The number of rotatable bonds is 6. The lowest BCUT2D eigenvalue weighted by atomic mass is 9.61. The summed E-state index contributed by atoms with van der Waals surface area (Å²) in [5, 5.41) is 0. The number of allylic oxidation sites excluding steroid dienone is 5. The van der Waals surface area contributed by atoms with Crippen LogP contribution in [0.1, 0.15) is 71.6 Å². The van der Waals surface area contributed by atoms with Crippen LogP contribution >= 0.6 is 0 Å². The Labute approximate surface area is 360 Å². The largest absolute Gasteiger partial charge is 0.310 e. The number of nitrogens with zero attached hydrogens (tertiary/aromatic N) is 1. The number of anilines is 3. The summed E-state index contributed by atoms with van der Waals surface area (Å²) >= 11 is 0. The minimum Gasteiger partial charge on any atom is -0.310 e. The molecule has 3 aliphatic carbocycles. The fourth-order valence-corrected chi connectivity index (χ4v) is 10.5. The highest BCUT2D eigenvalue weighted by Crippen LogP contribution is 2.59. The number of benzene rings is 8. The van der Waals surface area contributed by atoms with Crippen LogP contribution in [0.5, 0.6) is 0 Å². The van der Waals surface area contributed by atoms with Crippen LogP contribution in [0, 0.1) is 0 Å². The highest BCUT2D eigenvalue weighted by Gasteiger charge is 2.41. The van der Waals surface area contributed by atoms with Gasteiger partial charge in [0.15, 0.2) is 0 Å². The lowest BCUT2D eigenvalue weighted by Crippen LogP contribution is -2.24. The summed E-state index contributed by atoms with van der Waals surface area (Å²) in [4.78, 5) is 2.47. The molecule has 0 N–H and O–H groups in total. The first-order valence-electron chi connectivity index (χ1n) is 21.5. The molecule has 8 aromatic rings. The van der Waals surface area contributed by atoms with Crippen LogP contribution in [0.3, 0.4) is 0 Å². The van der Waals surface area contributed by atoms with Crippen molar-refractivity contribution in [3.05, 3.63) is 257 Å². The van der Waals surface area contributed by atoms with E-state index in [4.69, 9.17) is 0 Å². The molecule has 0 heterocycles. The molecular formula is C60H47N. The summed E-state index contributed by atoms with van der Waals surface area (Å²) in [5.74, 6) is 0.375. The molecule has 0 saturated heterocycles. The van der Waals surface area contributed by atoms with Crippen molar-refractivity contribution < 1.29 is 0 Å². The van der Waals surface area contributed by atoms with E-state index in [2.05, 4.69) is 239 Å². The highest BCUT2D eigenvalue weighted by atomic mass is 15.1. The van der Waals surface area contributed by atoms with Crippen molar-refractivity contribution in [2.24, 2.45) is 0 Å². The Morgan fingerprint density at radius 1 is 0.492 bits per heavy atom. The Morgan fingerprint density at radius 3 is 1.62 bits per heavy atom. The van der Waals surface area contributed by atoms with Crippen LogP contribution in [0.2, 0.25) is 0 Å². The summed E-state index contributed by atoms with van der Waals surface area (Å²) in [6, 6.07) is 71.9. The van der Waals surface area contributed by atoms with Crippen molar-refractivity contribution in [1.29, 1.82) is 0 Å². The zero-order valence-corrected chi connectivity index (χ0v) is 34.9. The molecule has 61 heavy (non-hydrogen) atoms. The predicted molar refractivity (Wildman–Crippen MR) is 258 cm³/mol. The average Bonchev–Trinajstić information content (AvgIpc) is 3.51. The second-order valence-electron chi connectivity index (χ2n) is 17.3. The fourth-order valence-electron chi connectivity index (χ4n) is 10.5. The molecular weight excluding hydrogens is 735 g/mol. The molecule has 0 saturated carbocycles. The van der Waals surface area contributed by atoms with Gasteiger partial charge in [0.1, 0.15) is 0 Å². The molecule has 0 aromatic heterocycles. The summed E-state index contributed by atoms with van der Waals surface area (Å²) < 4.78 is 0. The van der Waals surface area contributed by atoms with Crippen LogP contribution in [-0.4, -0.2) is 0 Å². The Morgan fingerprint density at radius 2 is 0.984 bits per heavy atom. The molecule has 0 aliphatic heterocycles. The van der Waals surface area contributed by atoms with Gasteiger partial charge in [0, 0.05) is 34.2 Å². The highest BCUT2D eigenvalue weighted by molar-refractivity contribution is 5.93. The van der Waals surface area contributed by atoms with Crippen LogP contribution < -0.4 is 4.90 Å². The molecule has 8 aromatic carbocycles. The van der Waals surface area contributed by atoms with Crippen molar-refractivity contribution in [2.45, 2.75) is 38.0 Å². The third kappa shape index (κ3) is 5.91. The Balaban J connectivity index is 1.06. The van der Waals surface area contributed by atoms with Gasteiger partial charge in [0.25, 0.3) is 0 Å². The molecule has 0 spiro atoms. The predicted octanol–water partition coefficient (Wildman–Crippen LogP) is 16.1. The number of para-hydroxylation sites is 1. The van der Waals surface area contributed by atoms with E-state index in [0.29, 0.717) is 0 Å². The third-order valence-corrected chi connectivity index (χ3v) is 13.7. The first-order valence-corrected chi connectivity index (χ1v) is 21.5. The van der Waals surface area contributed by atoms with E-state index in [1.165, 1.54) is 89.0 Å². The van der Waals surface area contributed by atoms with E-state index in [1.807, 2.05) is 0 Å². The van der Waals surface area contributed by atoms with Crippen LogP contribution in [-0.2, 0) is 5.41 Å². The van der Waals surface area contributed by atoms with E-state index in [-0.39, 0.29) is 17.3 Å². The van der Waals surface area contributed by atoms with Gasteiger partial charge < -0.3 is 4.90 Å². The lowest BCUT2D eigenvalue weighted by molar-refractivity contribution is 0.663. The maximum Gasteiger partial charge on any atom is 0.0540 e. The smallest absolute Gasteiger partial charge is 0.0540 e. The Kier molecular flexibility index (Phi) is 8.76. The molecule has 0 radical (unpaired) electrons. The van der Waals surface area contributed by atoms with Crippen molar-refractivity contribution in [3.8, 4) is 33.4 Å². The molecule has 1 heteroatoms. The van der Waals surface area contributed by atoms with E-state index < -0.39 is 0 Å². The maximum atomic E-state index is 4.55. The number of hydrogen-bond donors (Lipinski definition) is 0. The van der Waals surface area contributed by atoms with Gasteiger partial charge >= 0.3 is 0 Å². The molecule has 0 fully saturated rings. The molecule has 11 rings (SSSR count). The minimum absolute atomic E-state index is 0.0861. The van der Waals surface area contributed by atoms with Gasteiger partial charge in [-0.05, 0) is 121 Å². The Hall–Kier alpha value is -7.22. The average molecular weight is 782 g/mol. The Bertz CT molecular complexity index is 3090. The van der Waals surface area contributed by atoms with Gasteiger partial charge in [-0.3, -0.25) is 0 Å². The van der Waals surface area contributed by atoms with Gasteiger partial charge in [-0.15, -0.1) is 0 Å². The van der Waals surface area contributed by atoms with Gasteiger partial charge in [-0.2, -0.15) is 0 Å². The van der Waals surface area contributed by atoms with Crippen molar-refractivity contribution in [2.75, 3.05) is 4.90 Å². The normalized spacial score (nSPS) is 17.4. The van der Waals surface area contributed by atoms with Gasteiger partial charge in [-0.25, -0.2) is 0 Å². The maximum absolute atomic E-state index is 4.55. The summed E-state index contributed by atoms with van der Waals surface area (Å²) in [5.41, 5.74) is 24.0. The summed E-state index contributed by atoms with van der Waals surface area (Å²) in [6.07, 6.45) is 4.52. The SMILES string of the molecule is C=C1/C(=C\C=C(/C)c2ccc(N(c3ccc4c(c3)C3c5ccccc5-c5ccccc5C3c3ccccc3-4)c3ccccc3-c3ccccc3)cc2)c2ccccc2C1(C)C. The molecule has 292 valence electrons. The topological polar surface area (TPSA) is 3.24 Å². The van der Waals surface area contributed by atoms with E-state index >= 15 is 0 Å². The van der Waals surface area contributed by atoms with E-state index in [9.17, 15) is 0 Å². The molecule has 1 nitrogen and oxygen atoms in total. The zero-order chi connectivity index (χ0) is 41.2. The van der Waals surface area contributed by atoms with E-state index in [0.717, 1.165) is 17.1 Å². The van der Waals surface area contributed by atoms with Gasteiger partial charge in [0.2, 0.25) is 0 Å². The van der Waals surface area contributed by atoms with Crippen molar-refractivity contribution >= 4 is 28.2 Å². The van der Waals surface area contributed by atoms with E-state index in [1.54, 1.807) is 0 Å². The third-order valence-electron chi connectivity index (χ3n) is 13.7. The molecule has 3 aliphatic rings. The van der Waals surface area contributed by atoms with Crippen LogP contribution in [0.15, 0.2) is 218 Å². The summed E-state index contributed by atoms with van der Waals surface area (Å²) in [7, 11) is 0. The van der Waals surface area contributed by atoms with Crippen molar-refractivity contribution in [1.82, 2.24) is 0 Å². The van der Waals surface area contributed by atoms with Crippen LogP contribution in [0.4, 0.5) is 17.1 Å². The quantitative estimate of drug-likeness (QED) is 0.162. The minimum atomic E-state index is -0.0861. The number of fused-ring (bicyclic) bond motifs is 12. The fraction of sp³-hybridized carbons (Fsp3) is 0.100. The van der Waals surface area contributed by atoms with Gasteiger partial charge in [0.05, 0.1) is 5.69 Å². The van der Waals surface area contributed by atoms with Crippen LogP contribution in [0.25, 0.3) is 44.5 Å².